The van der Waals surface area contributed by atoms with Gasteiger partial charge in [-0.15, -0.1) is 0 Å². The van der Waals surface area contributed by atoms with Crippen LogP contribution in [0.5, 0.6) is 5.75 Å². The van der Waals surface area contributed by atoms with E-state index in [1.165, 1.54) is 0 Å². The lowest BCUT2D eigenvalue weighted by Gasteiger charge is -2.09. The zero-order chi connectivity index (χ0) is 11.5. The highest BCUT2D eigenvalue weighted by Gasteiger charge is 2.22. The van der Waals surface area contributed by atoms with Crippen LogP contribution in [0.4, 0.5) is 0 Å². The summed E-state index contributed by atoms with van der Waals surface area (Å²) in [5.41, 5.74) is 0.956. The van der Waals surface area contributed by atoms with Gasteiger partial charge in [-0.05, 0) is 24.3 Å². The van der Waals surface area contributed by atoms with Crippen LogP contribution in [0.2, 0.25) is 0 Å². The molecule has 0 bridgehead atoms. The van der Waals surface area contributed by atoms with Gasteiger partial charge in [-0.1, -0.05) is 22.5 Å². The number of methoxy groups -OCH3 is 1. The van der Waals surface area contributed by atoms with Gasteiger partial charge >= 0.3 is 0 Å². The third kappa shape index (κ3) is 2.27. The SMILES string of the molecule is C=C(Br)[C@H]1CN=C(c2ccc(OC)cc2)O1. The molecule has 4 heteroatoms. The van der Waals surface area contributed by atoms with E-state index < -0.39 is 0 Å². The smallest absolute Gasteiger partial charge is 0.216 e. The van der Waals surface area contributed by atoms with E-state index in [-0.39, 0.29) is 6.10 Å². The van der Waals surface area contributed by atoms with E-state index in [0.29, 0.717) is 12.4 Å². The molecule has 0 saturated heterocycles. The average Bonchev–Trinajstić information content (AvgIpc) is 2.78. The Hall–Kier alpha value is -1.29. The lowest BCUT2D eigenvalue weighted by molar-refractivity contribution is 0.272. The Labute approximate surface area is 103 Å². The van der Waals surface area contributed by atoms with Gasteiger partial charge in [-0.25, -0.2) is 4.99 Å². The summed E-state index contributed by atoms with van der Waals surface area (Å²) in [6.07, 6.45) is -0.0582. The fourth-order valence-corrected chi connectivity index (χ4v) is 1.67. The molecule has 0 amide bonds. The highest BCUT2D eigenvalue weighted by Crippen LogP contribution is 2.21. The Morgan fingerprint density at radius 3 is 2.69 bits per heavy atom. The van der Waals surface area contributed by atoms with Gasteiger partial charge in [0.1, 0.15) is 5.75 Å². The number of benzene rings is 1. The molecule has 2 rings (SSSR count). The summed E-state index contributed by atoms with van der Waals surface area (Å²) in [4.78, 5) is 4.33. The number of nitrogens with zero attached hydrogens (tertiary/aromatic N) is 1. The van der Waals surface area contributed by atoms with Crippen LogP contribution in [0.15, 0.2) is 40.3 Å². The lowest BCUT2D eigenvalue weighted by Crippen LogP contribution is -2.12. The normalized spacial score (nSPS) is 18.9. The number of hydrogen-bond donors (Lipinski definition) is 0. The Balaban J connectivity index is 2.11. The van der Waals surface area contributed by atoms with Gasteiger partial charge in [0.05, 0.1) is 13.7 Å². The summed E-state index contributed by atoms with van der Waals surface area (Å²) in [5.74, 6) is 1.48. The van der Waals surface area contributed by atoms with Crippen LogP contribution < -0.4 is 4.74 Å². The molecule has 0 fully saturated rings. The van der Waals surface area contributed by atoms with Crippen LogP contribution in [0.1, 0.15) is 5.56 Å². The lowest BCUT2D eigenvalue weighted by atomic mass is 10.2. The molecule has 1 atom stereocenters. The molecule has 0 spiro atoms. The van der Waals surface area contributed by atoms with Gasteiger partial charge in [0.15, 0.2) is 6.10 Å². The summed E-state index contributed by atoms with van der Waals surface area (Å²) in [6, 6.07) is 7.63. The van der Waals surface area contributed by atoms with Gasteiger partial charge in [0, 0.05) is 10.0 Å². The van der Waals surface area contributed by atoms with Gasteiger partial charge < -0.3 is 9.47 Å². The fraction of sp³-hybridized carbons (Fsp3) is 0.250. The van der Waals surface area contributed by atoms with Crippen molar-refractivity contribution in [3.8, 4) is 5.75 Å². The molecule has 16 heavy (non-hydrogen) atoms. The van der Waals surface area contributed by atoms with Crippen LogP contribution in [0.3, 0.4) is 0 Å². The zero-order valence-corrected chi connectivity index (χ0v) is 10.5. The predicted octanol–water partition coefficient (Wildman–Crippen LogP) is 2.75. The molecule has 0 aromatic heterocycles. The Kier molecular flexibility index (Phi) is 3.29. The van der Waals surface area contributed by atoms with E-state index >= 15 is 0 Å². The number of rotatable bonds is 3. The largest absolute Gasteiger partial charge is 0.497 e. The molecule has 1 aromatic carbocycles. The minimum absolute atomic E-state index is 0.0582. The van der Waals surface area contributed by atoms with E-state index in [2.05, 4.69) is 27.5 Å². The van der Waals surface area contributed by atoms with Gasteiger partial charge in [0.2, 0.25) is 5.90 Å². The maximum atomic E-state index is 5.65. The number of hydrogen-bond acceptors (Lipinski definition) is 3. The standard InChI is InChI=1S/C12H12BrNO2/c1-8(13)11-7-14-12(16-11)9-3-5-10(15-2)6-4-9/h3-6,11H,1,7H2,2H3/t11-/m1/s1. The zero-order valence-electron chi connectivity index (χ0n) is 8.94. The first kappa shape index (κ1) is 11.2. The van der Waals surface area contributed by atoms with Crippen LogP contribution in [-0.4, -0.2) is 25.7 Å². The van der Waals surface area contributed by atoms with Gasteiger partial charge in [0.25, 0.3) is 0 Å². The molecule has 0 N–H and O–H groups in total. The van der Waals surface area contributed by atoms with Crippen LogP contribution in [0.25, 0.3) is 0 Å². The molecular formula is C12H12BrNO2. The molecule has 0 radical (unpaired) electrons. The van der Waals surface area contributed by atoms with Crippen molar-refractivity contribution in [1.29, 1.82) is 0 Å². The maximum absolute atomic E-state index is 5.65. The van der Waals surface area contributed by atoms with Gasteiger partial charge in [-0.2, -0.15) is 0 Å². The first-order valence-electron chi connectivity index (χ1n) is 4.90. The molecule has 0 unspecified atom stereocenters. The number of aliphatic imine (C=N–C) groups is 1. The Bertz CT molecular complexity index is 425. The maximum Gasteiger partial charge on any atom is 0.216 e. The predicted molar refractivity (Wildman–Crippen MR) is 67.3 cm³/mol. The Morgan fingerprint density at radius 1 is 1.50 bits per heavy atom. The van der Waals surface area contributed by atoms with Crippen molar-refractivity contribution in [1.82, 2.24) is 0 Å². The second-order valence-corrected chi connectivity index (χ2v) is 4.45. The number of ether oxygens (including phenoxy) is 2. The van der Waals surface area contributed by atoms with Crippen molar-refractivity contribution < 1.29 is 9.47 Å². The second-order valence-electron chi connectivity index (χ2n) is 3.43. The molecule has 0 aliphatic carbocycles. The monoisotopic (exact) mass is 281 g/mol. The highest BCUT2D eigenvalue weighted by atomic mass is 79.9. The molecule has 1 heterocycles. The summed E-state index contributed by atoms with van der Waals surface area (Å²) in [6.45, 7) is 4.41. The third-order valence-corrected chi connectivity index (χ3v) is 2.85. The quantitative estimate of drug-likeness (QED) is 0.853. The van der Waals surface area contributed by atoms with Crippen LogP contribution in [0, 0.1) is 0 Å². The van der Waals surface area contributed by atoms with Gasteiger partial charge in [-0.3, -0.25) is 0 Å². The topological polar surface area (TPSA) is 30.8 Å². The minimum Gasteiger partial charge on any atom is -0.497 e. The van der Waals surface area contributed by atoms with Crippen molar-refractivity contribution in [2.75, 3.05) is 13.7 Å². The summed E-state index contributed by atoms with van der Waals surface area (Å²) >= 11 is 3.31. The van der Waals surface area contributed by atoms with E-state index in [9.17, 15) is 0 Å². The summed E-state index contributed by atoms with van der Waals surface area (Å²) in [7, 11) is 1.64. The molecule has 0 saturated carbocycles. The molecule has 1 aromatic rings. The first-order chi connectivity index (χ1) is 7.70. The van der Waals surface area contributed by atoms with E-state index in [1.807, 2.05) is 24.3 Å². The summed E-state index contributed by atoms with van der Waals surface area (Å²) in [5, 5.41) is 0. The minimum atomic E-state index is -0.0582. The molecule has 3 nitrogen and oxygen atoms in total. The molecule has 84 valence electrons. The molecular weight excluding hydrogens is 270 g/mol. The van der Waals surface area contributed by atoms with Crippen molar-refractivity contribution in [3.05, 3.63) is 40.9 Å². The molecule has 1 aliphatic heterocycles. The fourth-order valence-electron chi connectivity index (χ4n) is 1.43. The van der Waals surface area contributed by atoms with Crippen molar-refractivity contribution in [3.63, 3.8) is 0 Å². The highest BCUT2D eigenvalue weighted by molar-refractivity contribution is 9.11. The number of halogens is 1. The summed E-state index contributed by atoms with van der Waals surface area (Å²) < 4.78 is 11.6. The van der Waals surface area contributed by atoms with Crippen LogP contribution >= 0.6 is 15.9 Å². The second kappa shape index (κ2) is 4.70. The average molecular weight is 282 g/mol. The van der Waals surface area contributed by atoms with Crippen molar-refractivity contribution >= 4 is 21.8 Å². The third-order valence-electron chi connectivity index (χ3n) is 2.34. The van der Waals surface area contributed by atoms with Crippen LogP contribution in [-0.2, 0) is 4.74 Å². The Morgan fingerprint density at radius 2 is 2.19 bits per heavy atom. The van der Waals surface area contributed by atoms with E-state index in [4.69, 9.17) is 9.47 Å². The van der Waals surface area contributed by atoms with E-state index in [0.717, 1.165) is 15.8 Å². The van der Waals surface area contributed by atoms with Crippen molar-refractivity contribution in [2.24, 2.45) is 4.99 Å². The van der Waals surface area contributed by atoms with Crippen molar-refractivity contribution in [2.45, 2.75) is 6.10 Å². The van der Waals surface area contributed by atoms with E-state index in [1.54, 1.807) is 7.11 Å². The molecule has 1 aliphatic rings. The first-order valence-corrected chi connectivity index (χ1v) is 5.70.